The van der Waals surface area contributed by atoms with Crippen LogP contribution in [0.25, 0.3) is 0 Å². The molecule has 0 bridgehead atoms. The van der Waals surface area contributed by atoms with E-state index in [0.29, 0.717) is 35.1 Å². The number of fused-ring (bicyclic) bond motifs is 1. The van der Waals surface area contributed by atoms with Crippen molar-refractivity contribution in [1.29, 1.82) is 0 Å². The van der Waals surface area contributed by atoms with Crippen LogP contribution in [-0.4, -0.2) is 52.8 Å². The maximum absolute atomic E-state index is 14.0. The van der Waals surface area contributed by atoms with Gasteiger partial charge in [-0.2, -0.15) is 0 Å². The SMILES string of the molecule is O=C(O)[C@@H](N=C(c1ccccc1)c1ccccc1NC(=O)[C@@H]1CCCN1Cc1ccccc1)[C@@H]1c2ccccc2CCN1c1ccc(Cl)cc1. The number of carbonyl (C=O) groups is 2. The number of aliphatic carboxylic acids is 1. The Hall–Kier alpha value is -5.24. The van der Waals surface area contributed by atoms with Crippen LogP contribution in [0, 0.1) is 0 Å². The normalized spacial score (nSPS) is 18.3. The molecule has 1 fully saturated rings. The van der Waals surface area contributed by atoms with Crippen molar-refractivity contribution in [2.45, 2.75) is 43.9 Å². The van der Waals surface area contributed by atoms with E-state index < -0.39 is 18.1 Å². The average molecular weight is 683 g/mol. The molecule has 3 atom stereocenters. The first-order valence-electron chi connectivity index (χ1n) is 17.1. The predicted molar refractivity (Wildman–Crippen MR) is 200 cm³/mol. The van der Waals surface area contributed by atoms with Crippen LogP contribution in [0.15, 0.2) is 138 Å². The highest BCUT2D eigenvalue weighted by Crippen LogP contribution is 2.38. The van der Waals surface area contributed by atoms with Gasteiger partial charge in [-0.1, -0.05) is 115 Å². The number of carboxylic acids is 1. The van der Waals surface area contributed by atoms with Gasteiger partial charge in [0.15, 0.2) is 6.04 Å². The second kappa shape index (κ2) is 15.1. The molecule has 7 rings (SSSR count). The van der Waals surface area contributed by atoms with Gasteiger partial charge in [0.25, 0.3) is 0 Å². The molecular weight excluding hydrogens is 644 g/mol. The Morgan fingerprint density at radius 1 is 0.820 bits per heavy atom. The molecule has 0 aliphatic carbocycles. The van der Waals surface area contributed by atoms with Crippen molar-refractivity contribution >= 4 is 40.6 Å². The van der Waals surface area contributed by atoms with Gasteiger partial charge in [0, 0.05) is 34.9 Å². The number of nitrogens with one attached hydrogen (secondary N) is 1. The van der Waals surface area contributed by atoms with Crippen molar-refractivity contribution in [3.8, 4) is 0 Å². The molecular formula is C42H39ClN4O3. The van der Waals surface area contributed by atoms with Crippen molar-refractivity contribution < 1.29 is 14.7 Å². The van der Waals surface area contributed by atoms with Crippen LogP contribution < -0.4 is 10.2 Å². The number of amides is 1. The smallest absolute Gasteiger partial charge is 0.330 e. The van der Waals surface area contributed by atoms with Crippen LogP contribution in [-0.2, 0) is 22.6 Å². The number of aliphatic imine (C=N–C) groups is 1. The monoisotopic (exact) mass is 682 g/mol. The largest absolute Gasteiger partial charge is 0.480 e. The topological polar surface area (TPSA) is 85.2 Å². The lowest BCUT2D eigenvalue weighted by molar-refractivity contribution is -0.139. The minimum absolute atomic E-state index is 0.0804. The molecule has 2 aliphatic rings. The molecule has 0 unspecified atom stereocenters. The van der Waals surface area contributed by atoms with Gasteiger partial charge in [0.05, 0.1) is 23.5 Å². The van der Waals surface area contributed by atoms with Crippen LogP contribution in [0.3, 0.4) is 0 Å². The van der Waals surface area contributed by atoms with Crippen LogP contribution in [0.2, 0.25) is 5.02 Å². The van der Waals surface area contributed by atoms with Crippen LogP contribution in [0.1, 0.15) is 46.7 Å². The Kier molecular flexibility index (Phi) is 10.1. The lowest BCUT2D eigenvalue weighted by atomic mass is 9.87. The van der Waals surface area contributed by atoms with Gasteiger partial charge in [-0.3, -0.25) is 14.7 Å². The second-order valence-corrected chi connectivity index (χ2v) is 13.3. The number of rotatable bonds is 10. The number of halogens is 1. The molecule has 2 heterocycles. The zero-order chi connectivity index (χ0) is 34.5. The number of anilines is 2. The van der Waals surface area contributed by atoms with E-state index >= 15 is 0 Å². The van der Waals surface area contributed by atoms with E-state index in [1.54, 1.807) is 0 Å². The van der Waals surface area contributed by atoms with Gasteiger partial charge in [0.1, 0.15) is 0 Å². The summed E-state index contributed by atoms with van der Waals surface area (Å²) in [4.78, 5) is 36.9. The Bertz CT molecular complexity index is 1980. The van der Waals surface area contributed by atoms with Gasteiger partial charge in [-0.25, -0.2) is 4.79 Å². The van der Waals surface area contributed by atoms with Gasteiger partial charge in [0.2, 0.25) is 5.91 Å². The van der Waals surface area contributed by atoms with E-state index in [9.17, 15) is 14.7 Å². The molecule has 5 aromatic rings. The Labute approximate surface area is 297 Å². The first kappa shape index (κ1) is 33.3. The summed E-state index contributed by atoms with van der Waals surface area (Å²) in [6, 6.07) is 40.9. The minimum Gasteiger partial charge on any atom is -0.480 e. The zero-order valence-corrected chi connectivity index (χ0v) is 28.4. The number of hydrogen-bond donors (Lipinski definition) is 2. The molecule has 50 heavy (non-hydrogen) atoms. The van der Waals surface area contributed by atoms with Crippen LogP contribution >= 0.6 is 11.6 Å². The Morgan fingerprint density at radius 3 is 2.26 bits per heavy atom. The molecule has 0 spiro atoms. The van der Waals surface area contributed by atoms with Crippen molar-refractivity contribution in [2.24, 2.45) is 4.99 Å². The minimum atomic E-state index is -1.18. The van der Waals surface area contributed by atoms with E-state index in [1.165, 1.54) is 5.56 Å². The average Bonchev–Trinajstić information content (AvgIpc) is 3.61. The number of carbonyl (C=O) groups excluding carboxylic acids is 1. The molecule has 8 heteroatoms. The fourth-order valence-corrected chi connectivity index (χ4v) is 7.43. The number of para-hydroxylation sites is 1. The fraction of sp³-hybridized carbons (Fsp3) is 0.214. The van der Waals surface area contributed by atoms with E-state index in [-0.39, 0.29) is 11.9 Å². The first-order valence-corrected chi connectivity index (χ1v) is 17.5. The van der Waals surface area contributed by atoms with Crippen molar-refractivity contribution in [3.63, 3.8) is 0 Å². The van der Waals surface area contributed by atoms with Gasteiger partial charge in [-0.05, 0) is 72.8 Å². The van der Waals surface area contributed by atoms with Gasteiger partial charge < -0.3 is 15.3 Å². The number of hydrogen-bond acceptors (Lipinski definition) is 5. The zero-order valence-electron chi connectivity index (χ0n) is 27.7. The number of likely N-dealkylation sites (tertiary alicyclic amines) is 1. The van der Waals surface area contributed by atoms with Crippen molar-refractivity contribution in [2.75, 3.05) is 23.3 Å². The van der Waals surface area contributed by atoms with Crippen molar-refractivity contribution in [3.05, 3.63) is 166 Å². The third-order valence-electron chi connectivity index (χ3n) is 9.69. The maximum atomic E-state index is 14.0. The third-order valence-corrected chi connectivity index (χ3v) is 9.94. The molecule has 5 aromatic carbocycles. The lowest BCUT2D eigenvalue weighted by Gasteiger charge is -2.41. The second-order valence-electron chi connectivity index (χ2n) is 12.8. The molecule has 0 radical (unpaired) electrons. The van der Waals surface area contributed by atoms with Gasteiger partial charge >= 0.3 is 5.97 Å². The highest BCUT2D eigenvalue weighted by Gasteiger charge is 2.39. The Morgan fingerprint density at radius 2 is 1.50 bits per heavy atom. The molecule has 1 saturated heterocycles. The van der Waals surface area contributed by atoms with Crippen LogP contribution in [0.5, 0.6) is 0 Å². The molecule has 0 aromatic heterocycles. The van der Waals surface area contributed by atoms with E-state index in [2.05, 4.69) is 33.3 Å². The van der Waals surface area contributed by atoms with E-state index in [4.69, 9.17) is 16.6 Å². The molecule has 2 N–H and O–H groups in total. The summed E-state index contributed by atoms with van der Waals surface area (Å²) in [5.74, 6) is -1.12. The summed E-state index contributed by atoms with van der Waals surface area (Å²) < 4.78 is 0. The predicted octanol–water partition coefficient (Wildman–Crippen LogP) is 8.04. The first-order chi connectivity index (χ1) is 24.5. The maximum Gasteiger partial charge on any atom is 0.330 e. The molecule has 2 aliphatic heterocycles. The highest BCUT2D eigenvalue weighted by atomic mass is 35.5. The standard InChI is InChI=1S/C42H39ClN4O3/c43-32-21-23-33(24-22-32)47-27-25-30-14-7-8-17-34(30)40(47)39(42(49)50)45-38(31-15-5-2-6-16-31)35-18-9-10-19-36(35)44-41(48)37-20-11-26-46(37)28-29-12-3-1-4-13-29/h1-10,12-19,21-24,37,39-40H,11,20,25-28H2,(H,44,48)(H,49,50)/t37-,39-,40-/m0/s1. The molecule has 252 valence electrons. The Balaban J connectivity index is 1.29. The number of benzene rings is 5. The summed E-state index contributed by atoms with van der Waals surface area (Å²) in [7, 11) is 0. The van der Waals surface area contributed by atoms with E-state index in [0.717, 1.165) is 48.2 Å². The summed E-state index contributed by atoms with van der Waals surface area (Å²) in [6.45, 7) is 2.17. The summed E-state index contributed by atoms with van der Waals surface area (Å²) in [6.07, 6.45) is 2.48. The number of nitrogens with zero attached hydrogens (tertiary/aromatic N) is 3. The third kappa shape index (κ3) is 7.20. The molecule has 1 amide bonds. The summed E-state index contributed by atoms with van der Waals surface area (Å²) >= 11 is 6.26. The summed E-state index contributed by atoms with van der Waals surface area (Å²) in [5, 5.41) is 14.8. The fourth-order valence-electron chi connectivity index (χ4n) is 7.30. The summed E-state index contributed by atoms with van der Waals surface area (Å²) in [5.41, 5.74) is 6.59. The van der Waals surface area contributed by atoms with Crippen LogP contribution in [0.4, 0.5) is 11.4 Å². The molecule has 0 saturated carbocycles. The lowest BCUT2D eigenvalue weighted by Crippen LogP contribution is -2.44. The highest BCUT2D eigenvalue weighted by molar-refractivity contribution is 6.30. The van der Waals surface area contributed by atoms with Gasteiger partial charge in [-0.15, -0.1) is 0 Å². The van der Waals surface area contributed by atoms with Crippen molar-refractivity contribution in [1.82, 2.24) is 4.90 Å². The molecule has 7 nitrogen and oxygen atoms in total. The number of carboxylic acid groups (broad SMARTS) is 1. The van der Waals surface area contributed by atoms with E-state index in [1.807, 2.05) is 115 Å². The quantitative estimate of drug-likeness (QED) is 0.146.